The number of rotatable bonds is 9. The normalized spacial score (nSPS) is 15.2. The topological polar surface area (TPSA) is 102 Å². The van der Waals surface area contributed by atoms with E-state index in [0.29, 0.717) is 38.2 Å². The van der Waals surface area contributed by atoms with E-state index in [-0.39, 0.29) is 10.5 Å². The molecule has 9 heteroatoms. The lowest BCUT2D eigenvalue weighted by molar-refractivity contribution is -0.124. The van der Waals surface area contributed by atoms with E-state index in [4.69, 9.17) is 9.47 Å². The zero-order valence-corrected chi connectivity index (χ0v) is 17.2. The highest BCUT2D eigenvalue weighted by Crippen LogP contribution is 2.23. The van der Waals surface area contributed by atoms with Crippen molar-refractivity contribution in [3.05, 3.63) is 29.3 Å². The number of ether oxygens (including phenoxy) is 2. The molecule has 2 rings (SSSR count). The van der Waals surface area contributed by atoms with E-state index in [1.54, 1.807) is 20.1 Å². The summed E-state index contributed by atoms with van der Waals surface area (Å²) in [5.74, 6) is -1.14. The molecule has 0 atom stereocenters. The average Bonchev–Trinajstić information content (AvgIpc) is 2.70. The molecule has 1 N–H and O–H groups in total. The fourth-order valence-corrected chi connectivity index (χ4v) is 4.48. The molecule has 0 radical (unpaired) electrons. The summed E-state index contributed by atoms with van der Waals surface area (Å²) in [6.45, 7) is 3.19. The number of esters is 1. The molecule has 0 aliphatic carbocycles. The maximum Gasteiger partial charge on any atom is 0.338 e. The molecule has 28 heavy (non-hydrogen) atoms. The maximum atomic E-state index is 12.8. The van der Waals surface area contributed by atoms with Gasteiger partial charge in [-0.15, -0.1) is 0 Å². The number of aryl methyl sites for hydroxylation is 1. The van der Waals surface area contributed by atoms with Gasteiger partial charge in [-0.2, -0.15) is 4.31 Å². The van der Waals surface area contributed by atoms with Crippen molar-refractivity contribution in [3.8, 4) is 0 Å². The van der Waals surface area contributed by atoms with E-state index in [2.05, 4.69) is 5.32 Å². The molecule has 0 unspecified atom stereocenters. The number of nitrogens with one attached hydrogen (secondary N) is 1. The standard InChI is InChI=1S/C19H28N2O6S/c1-15-7-8-16(28(24,25)21-10-4-3-5-11-21)13-17(15)19(23)27-14-18(22)20-9-6-12-26-2/h7-8,13H,3-6,9-12,14H2,1-2H3,(H,20,22). The van der Waals surface area contributed by atoms with Crippen molar-refractivity contribution in [1.29, 1.82) is 0 Å². The molecule has 8 nitrogen and oxygen atoms in total. The van der Waals surface area contributed by atoms with Gasteiger partial charge < -0.3 is 14.8 Å². The van der Waals surface area contributed by atoms with Crippen LogP contribution in [0.5, 0.6) is 0 Å². The Hall–Kier alpha value is -1.97. The molecular formula is C19H28N2O6S. The molecule has 1 aromatic carbocycles. The average molecular weight is 413 g/mol. The Morgan fingerprint density at radius 2 is 1.89 bits per heavy atom. The van der Waals surface area contributed by atoms with Crippen molar-refractivity contribution >= 4 is 21.9 Å². The zero-order valence-electron chi connectivity index (χ0n) is 16.4. The Labute approximate surface area is 166 Å². The van der Waals surface area contributed by atoms with Gasteiger partial charge in [-0.25, -0.2) is 13.2 Å². The van der Waals surface area contributed by atoms with Crippen molar-refractivity contribution in [1.82, 2.24) is 9.62 Å². The molecule has 1 aromatic rings. The van der Waals surface area contributed by atoms with Gasteiger partial charge in [0.05, 0.1) is 10.5 Å². The Balaban J connectivity index is 2.02. The van der Waals surface area contributed by atoms with E-state index in [1.807, 2.05) is 0 Å². The van der Waals surface area contributed by atoms with Crippen LogP contribution < -0.4 is 5.32 Å². The summed E-state index contributed by atoms with van der Waals surface area (Å²) in [7, 11) is -2.07. The van der Waals surface area contributed by atoms with Crippen LogP contribution in [0.2, 0.25) is 0 Å². The van der Waals surface area contributed by atoms with E-state index in [0.717, 1.165) is 19.3 Å². The second-order valence-corrected chi connectivity index (χ2v) is 8.65. The minimum Gasteiger partial charge on any atom is -0.452 e. The van der Waals surface area contributed by atoms with Crippen molar-refractivity contribution < 1.29 is 27.5 Å². The highest BCUT2D eigenvalue weighted by Gasteiger charge is 2.27. The molecule has 1 aliphatic rings. The number of methoxy groups -OCH3 is 1. The number of sulfonamides is 1. The summed E-state index contributed by atoms with van der Waals surface area (Å²) in [6.07, 6.45) is 3.34. The lowest BCUT2D eigenvalue weighted by atomic mass is 10.1. The van der Waals surface area contributed by atoms with E-state index in [9.17, 15) is 18.0 Å². The summed E-state index contributed by atoms with van der Waals surface area (Å²) in [5, 5.41) is 2.62. The predicted octanol–water partition coefficient (Wildman–Crippen LogP) is 1.48. The fourth-order valence-electron chi connectivity index (χ4n) is 2.94. The predicted molar refractivity (Wildman–Crippen MR) is 104 cm³/mol. The van der Waals surface area contributed by atoms with Crippen LogP contribution >= 0.6 is 0 Å². The van der Waals surface area contributed by atoms with E-state index >= 15 is 0 Å². The molecule has 0 saturated carbocycles. The summed E-state index contributed by atoms with van der Waals surface area (Å²) >= 11 is 0. The van der Waals surface area contributed by atoms with E-state index in [1.165, 1.54) is 16.4 Å². The van der Waals surface area contributed by atoms with E-state index < -0.39 is 28.5 Å². The first-order chi connectivity index (χ1) is 13.4. The van der Waals surface area contributed by atoms with Crippen LogP contribution in [0.15, 0.2) is 23.1 Å². The SMILES string of the molecule is COCCCNC(=O)COC(=O)c1cc(S(=O)(=O)N2CCCCC2)ccc1C. The van der Waals surface area contributed by atoms with Crippen LogP contribution in [0.4, 0.5) is 0 Å². The number of hydrogen-bond donors (Lipinski definition) is 1. The first-order valence-corrected chi connectivity index (χ1v) is 10.8. The van der Waals surface area contributed by atoms with Gasteiger partial charge in [-0.3, -0.25) is 4.79 Å². The number of carbonyl (C=O) groups is 2. The van der Waals surface area contributed by atoms with Gasteiger partial charge in [0.15, 0.2) is 6.61 Å². The summed E-state index contributed by atoms with van der Waals surface area (Å²) < 4.78 is 37.0. The molecular weight excluding hydrogens is 384 g/mol. The highest BCUT2D eigenvalue weighted by molar-refractivity contribution is 7.89. The van der Waals surface area contributed by atoms with Crippen molar-refractivity contribution in [2.75, 3.05) is 40.0 Å². The Morgan fingerprint density at radius 3 is 2.57 bits per heavy atom. The van der Waals surface area contributed by atoms with Gasteiger partial charge in [0.2, 0.25) is 10.0 Å². The summed E-state index contributed by atoms with van der Waals surface area (Å²) in [4.78, 5) is 24.2. The molecule has 1 aliphatic heterocycles. The third kappa shape index (κ3) is 6.02. The number of carbonyl (C=O) groups excluding carboxylic acids is 2. The number of hydrogen-bond acceptors (Lipinski definition) is 6. The highest BCUT2D eigenvalue weighted by atomic mass is 32.2. The minimum absolute atomic E-state index is 0.0657. The van der Waals surface area contributed by atoms with Crippen LogP contribution in [0.25, 0.3) is 0 Å². The van der Waals surface area contributed by atoms with Crippen molar-refractivity contribution in [2.24, 2.45) is 0 Å². The largest absolute Gasteiger partial charge is 0.452 e. The van der Waals surface area contributed by atoms with Gasteiger partial charge in [0.25, 0.3) is 5.91 Å². The number of benzene rings is 1. The molecule has 1 amide bonds. The van der Waals surface area contributed by atoms with Gasteiger partial charge in [0.1, 0.15) is 0 Å². The summed E-state index contributed by atoms with van der Waals surface area (Å²) in [6, 6.07) is 4.41. The zero-order chi connectivity index (χ0) is 20.6. The van der Waals surface area contributed by atoms with Gasteiger partial charge >= 0.3 is 5.97 Å². The summed E-state index contributed by atoms with van der Waals surface area (Å²) in [5.41, 5.74) is 0.730. The van der Waals surface area contributed by atoms with Gasteiger partial charge in [-0.05, 0) is 43.9 Å². The molecule has 0 bridgehead atoms. The molecule has 0 spiro atoms. The Morgan fingerprint density at radius 1 is 1.18 bits per heavy atom. The lowest BCUT2D eigenvalue weighted by Crippen LogP contribution is -2.35. The first-order valence-electron chi connectivity index (χ1n) is 9.40. The smallest absolute Gasteiger partial charge is 0.338 e. The van der Waals surface area contributed by atoms with Crippen LogP contribution in [0.1, 0.15) is 41.6 Å². The monoisotopic (exact) mass is 412 g/mol. The Bertz CT molecular complexity index is 788. The maximum absolute atomic E-state index is 12.8. The molecule has 1 saturated heterocycles. The third-order valence-electron chi connectivity index (χ3n) is 4.56. The second-order valence-electron chi connectivity index (χ2n) is 6.71. The van der Waals surface area contributed by atoms with Crippen molar-refractivity contribution in [3.63, 3.8) is 0 Å². The van der Waals surface area contributed by atoms with Gasteiger partial charge in [-0.1, -0.05) is 12.5 Å². The van der Waals surface area contributed by atoms with Crippen LogP contribution in [0.3, 0.4) is 0 Å². The number of amides is 1. The number of nitrogens with zero attached hydrogens (tertiary/aromatic N) is 1. The van der Waals surface area contributed by atoms with Crippen LogP contribution in [-0.2, 0) is 24.3 Å². The Kier molecular flexibility index (Phi) is 8.40. The molecule has 156 valence electrons. The van der Waals surface area contributed by atoms with Crippen molar-refractivity contribution in [2.45, 2.75) is 37.5 Å². The molecule has 0 aromatic heterocycles. The second kappa shape index (κ2) is 10.5. The third-order valence-corrected chi connectivity index (χ3v) is 6.46. The van der Waals surface area contributed by atoms with Crippen LogP contribution in [-0.4, -0.2) is 64.6 Å². The molecule has 1 heterocycles. The number of piperidine rings is 1. The minimum atomic E-state index is -3.65. The van der Waals surface area contributed by atoms with Crippen LogP contribution in [0, 0.1) is 6.92 Å². The molecule has 1 fully saturated rings. The lowest BCUT2D eigenvalue weighted by Gasteiger charge is -2.26. The fraction of sp³-hybridized carbons (Fsp3) is 0.579. The quantitative estimate of drug-likeness (QED) is 0.487. The van der Waals surface area contributed by atoms with Gasteiger partial charge in [0, 0.05) is 33.4 Å². The first kappa shape index (κ1) is 22.3.